The third-order valence-corrected chi connectivity index (χ3v) is 12.5. The number of quaternary nitrogens is 1. The number of aliphatic hydroxyl groups is 2. The summed E-state index contributed by atoms with van der Waals surface area (Å²) in [4.78, 5) is 13.3. The van der Waals surface area contributed by atoms with Gasteiger partial charge in [0.05, 0.1) is 26.2 Å². The average Bonchev–Trinajstić information content (AvgIpc) is 3.08. The Morgan fingerprint density at radius 2 is 1.69 bits per heavy atom. The van der Waals surface area contributed by atoms with Gasteiger partial charge in [0.15, 0.2) is 0 Å². The van der Waals surface area contributed by atoms with Crippen LogP contribution in [-0.4, -0.2) is 58.4 Å². The molecule has 6 rings (SSSR count). The van der Waals surface area contributed by atoms with Crippen LogP contribution >= 0.6 is 0 Å². The zero-order valence-electron chi connectivity index (χ0n) is 20.8. The molecule has 2 N–H and O–H groups in total. The summed E-state index contributed by atoms with van der Waals surface area (Å²) in [6.45, 7) is 9.44. The molecule has 0 bridgehead atoms. The first-order chi connectivity index (χ1) is 15.0. The Bertz CT molecular complexity index is 791. The highest BCUT2D eigenvalue weighted by Gasteiger charge is 2.67. The molecule has 6 aliphatic rings. The molecule has 0 aromatic carbocycles. The third-order valence-electron chi connectivity index (χ3n) is 12.5. The standard InChI is InChI=1S/C28H46NO3/c1-16-5-8-26-28(3,32)22-7-6-18-19(21(22)15-29(26,4)14-16)12-23-20(18)13-25(31)24-11-17(30)9-10-27(23,24)2/h16-24,26,30,32H,5-15H2,1-4H3/q+1/t16-,17-,18+,19+,20-,21-,22+,23-,24+,26-,27+,28-,29+/m0/s1. The van der Waals surface area contributed by atoms with Gasteiger partial charge >= 0.3 is 0 Å². The molecule has 0 spiro atoms. The lowest BCUT2D eigenvalue weighted by Gasteiger charge is -2.62. The largest absolute Gasteiger partial charge is 0.393 e. The molecule has 0 aromatic heterocycles. The SMILES string of the molecule is C[C@H]1CC[C@H]2[C@@](C)(O)[C@@H]3CC[C@@H]4[C@@H](C[C@H]5[C@H]4CC(=O)[C@H]4C[C@@H](O)CC[C@@]45C)[C@@H]3C[N@@+]2(C)C1. The van der Waals surface area contributed by atoms with E-state index in [0.29, 0.717) is 53.8 Å². The first-order valence-corrected chi connectivity index (χ1v) is 13.8. The molecule has 4 heteroatoms. The van der Waals surface area contributed by atoms with Crippen molar-refractivity contribution >= 4 is 5.78 Å². The molecule has 4 saturated carbocycles. The molecule has 2 aliphatic heterocycles. The summed E-state index contributed by atoms with van der Waals surface area (Å²) in [5.41, 5.74) is -0.475. The van der Waals surface area contributed by atoms with E-state index in [9.17, 15) is 15.0 Å². The predicted octanol–water partition coefficient (Wildman–Crippen LogP) is 4.03. The second-order valence-electron chi connectivity index (χ2n) is 14.1. The van der Waals surface area contributed by atoms with Crippen LogP contribution in [0.15, 0.2) is 0 Å². The lowest BCUT2D eigenvalue weighted by molar-refractivity contribution is -0.959. The molecule has 180 valence electrons. The first-order valence-electron chi connectivity index (χ1n) is 13.8. The molecule has 0 amide bonds. The van der Waals surface area contributed by atoms with Gasteiger partial charge in [-0.25, -0.2) is 0 Å². The van der Waals surface area contributed by atoms with Crippen molar-refractivity contribution in [3.8, 4) is 0 Å². The summed E-state index contributed by atoms with van der Waals surface area (Å²) in [5, 5.41) is 22.3. The number of likely N-dealkylation sites (N-methyl/N-ethyl adjacent to an activating group) is 1. The number of piperidine rings is 2. The van der Waals surface area contributed by atoms with E-state index in [-0.39, 0.29) is 17.4 Å². The summed E-state index contributed by atoms with van der Waals surface area (Å²) in [6.07, 6.45) is 9.13. The van der Waals surface area contributed by atoms with Crippen LogP contribution in [0.2, 0.25) is 0 Å². The number of Topliss-reactive ketones (excluding diaryl/α,β-unsaturated/α-hetero) is 1. The highest BCUT2D eigenvalue weighted by Crippen LogP contribution is 2.67. The Hall–Kier alpha value is -0.450. The first kappa shape index (κ1) is 22.0. The fourth-order valence-electron chi connectivity index (χ4n) is 11.3. The highest BCUT2D eigenvalue weighted by molar-refractivity contribution is 5.83. The summed E-state index contributed by atoms with van der Waals surface area (Å²) in [5.74, 6) is 4.87. The van der Waals surface area contributed by atoms with Gasteiger partial charge in [-0.15, -0.1) is 0 Å². The van der Waals surface area contributed by atoms with E-state index in [1.807, 2.05) is 0 Å². The van der Waals surface area contributed by atoms with Gasteiger partial charge in [-0.3, -0.25) is 4.79 Å². The second-order valence-corrected chi connectivity index (χ2v) is 14.1. The van der Waals surface area contributed by atoms with Gasteiger partial charge in [-0.1, -0.05) is 13.8 Å². The molecule has 6 fully saturated rings. The summed E-state index contributed by atoms with van der Waals surface area (Å²) >= 11 is 0. The smallest absolute Gasteiger partial charge is 0.136 e. The van der Waals surface area contributed by atoms with E-state index >= 15 is 0 Å². The molecule has 32 heavy (non-hydrogen) atoms. The maximum absolute atomic E-state index is 13.3. The maximum Gasteiger partial charge on any atom is 0.136 e. The van der Waals surface area contributed by atoms with Gasteiger partial charge in [0.1, 0.15) is 17.4 Å². The van der Waals surface area contributed by atoms with Crippen molar-refractivity contribution in [1.82, 2.24) is 0 Å². The van der Waals surface area contributed by atoms with Crippen LogP contribution in [0.5, 0.6) is 0 Å². The number of fused-ring (bicyclic) bond motifs is 8. The zero-order valence-corrected chi connectivity index (χ0v) is 20.8. The minimum absolute atomic E-state index is 0.0785. The third kappa shape index (κ3) is 2.87. The van der Waals surface area contributed by atoms with Gasteiger partial charge in [-0.2, -0.15) is 0 Å². The van der Waals surface area contributed by atoms with Crippen LogP contribution in [0.1, 0.15) is 78.6 Å². The summed E-state index contributed by atoms with van der Waals surface area (Å²) in [6, 6.07) is 0.392. The minimum atomic E-state index is -0.562. The Kier molecular flexibility index (Phi) is 4.85. The molecule has 2 heterocycles. The Morgan fingerprint density at radius 1 is 0.906 bits per heavy atom. The lowest BCUT2D eigenvalue weighted by atomic mass is 9.51. The van der Waals surface area contributed by atoms with Gasteiger partial charge in [0.25, 0.3) is 0 Å². The van der Waals surface area contributed by atoms with Crippen LogP contribution in [-0.2, 0) is 4.79 Å². The van der Waals surface area contributed by atoms with E-state index < -0.39 is 5.60 Å². The van der Waals surface area contributed by atoms with Crippen molar-refractivity contribution in [3.05, 3.63) is 0 Å². The molecular weight excluding hydrogens is 398 g/mol. The van der Waals surface area contributed by atoms with Gasteiger partial charge in [0.2, 0.25) is 0 Å². The number of ketones is 1. The van der Waals surface area contributed by atoms with Crippen molar-refractivity contribution < 1.29 is 19.5 Å². The van der Waals surface area contributed by atoms with Crippen LogP contribution < -0.4 is 0 Å². The number of hydrogen-bond donors (Lipinski definition) is 2. The predicted molar refractivity (Wildman–Crippen MR) is 125 cm³/mol. The van der Waals surface area contributed by atoms with E-state index in [2.05, 4.69) is 27.8 Å². The molecule has 0 aromatic rings. The topological polar surface area (TPSA) is 57.5 Å². The lowest BCUT2D eigenvalue weighted by Crippen LogP contribution is -2.74. The summed E-state index contributed by atoms with van der Waals surface area (Å²) in [7, 11) is 2.44. The van der Waals surface area contributed by atoms with Gasteiger partial charge in [-0.05, 0) is 81.0 Å². The van der Waals surface area contributed by atoms with Gasteiger partial charge < -0.3 is 14.7 Å². The Labute approximate surface area is 194 Å². The quantitative estimate of drug-likeness (QED) is 0.555. The Balaban J connectivity index is 1.33. The highest BCUT2D eigenvalue weighted by atomic mass is 16.3. The number of carbonyl (C=O) groups excluding carboxylic acids is 1. The number of hydrogen-bond acceptors (Lipinski definition) is 3. The molecule has 0 unspecified atom stereocenters. The van der Waals surface area contributed by atoms with Crippen LogP contribution in [0.25, 0.3) is 0 Å². The van der Waals surface area contributed by atoms with E-state index in [0.717, 1.165) is 36.1 Å². The van der Waals surface area contributed by atoms with Crippen LogP contribution in [0, 0.1) is 52.8 Å². The fourth-order valence-corrected chi connectivity index (χ4v) is 11.3. The second kappa shape index (κ2) is 7.04. The molecule has 2 saturated heterocycles. The van der Waals surface area contributed by atoms with Crippen molar-refractivity contribution in [1.29, 1.82) is 0 Å². The molecule has 0 radical (unpaired) electrons. The van der Waals surface area contributed by atoms with Crippen LogP contribution in [0.3, 0.4) is 0 Å². The van der Waals surface area contributed by atoms with Gasteiger partial charge in [0, 0.05) is 36.5 Å². The van der Waals surface area contributed by atoms with Crippen molar-refractivity contribution in [2.24, 2.45) is 52.8 Å². The fraction of sp³-hybridized carbons (Fsp3) is 0.964. The average molecular weight is 445 g/mol. The minimum Gasteiger partial charge on any atom is -0.393 e. The number of rotatable bonds is 0. The molecule has 13 atom stereocenters. The van der Waals surface area contributed by atoms with Crippen molar-refractivity contribution in [2.45, 2.75) is 96.3 Å². The number of nitrogens with zero attached hydrogens (tertiary/aromatic N) is 1. The Morgan fingerprint density at radius 3 is 2.47 bits per heavy atom. The van der Waals surface area contributed by atoms with E-state index in [4.69, 9.17) is 0 Å². The van der Waals surface area contributed by atoms with E-state index in [1.165, 1.54) is 38.8 Å². The zero-order chi connectivity index (χ0) is 22.6. The van der Waals surface area contributed by atoms with Crippen LogP contribution in [0.4, 0.5) is 0 Å². The van der Waals surface area contributed by atoms with E-state index in [1.54, 1.807) is 0 Å². The van der Waals surface area contributed by atoms with Crippen molar-refractivity contribution in [2.75, 3.05) is 20.1 Å². The number of aliphatic hydroxyl groups excluding tert-OH is 1. The number of carbonyl (C=O) groups is 1. The summed E-state index contributed by atoms with van der Waals surface area (Å²) < 4.78 is 1.07. The molecule has 4 nitrogen and oxygen atoms in total. The monoisotopic (exact) mass is 444 g/mol. The maximum atomic E-state index is 13.3. The molecular formula is C28H46NO3+. The van der Waals surface area contributed by atoms with Crippen molar-refractivity contribution in [3.63, 3.8) is 0 Å². The molecule has 4 aliphatic carbocycles. The normalized spacial score (nSPS) is 61.8.